The Hall–Kier alpha value is -3.39. The summed E-state index contributed by atoms with van der Waals surface area (Å²) < 4.78 is 97.0. The normalized spacial score (nSPS) is 14.9. The Kier molecular flexibility index (Phi) is 7.90. The van der Waals surface area contributed by atoms with Crippen LogP contribution in [-0.2, 0) is 5.41 Å². The van der Waals surface area contributed by atoms with Crippen LogP contribution in [0.3, 0.4) is 0 Å². The average Bonchev–Trinajstić information content (AvgIpc) is 3.51. The predicted octanol–water partition coefficient (Wildman–Crippen LogP) is 6.91. The van der Waals surface area contributed by atoms with Crippen molar-refractivity contribution in [3.05, 3.63) is 69.0 Å². The van der Waals surface area contributed by atoms with Gasteiger partial charge in [0.2, 0.25) is 0 Å². The summed E-state index contributed by atoms with van der Waals surface area (Å²) in [6.07, 6.45) is -4.91. The highest BCUT2D eigenvalue weighted by atomic mass is 79.9. The molecule has 0 spiro atoms. The first-order valence-electron chi connectivity index (χ1n) is 12.0. The second kappa shape index (κ2) is 11.1. The minimum Gasteiger partial charge on any atom is -0.494 e. The van der Waals surface area contributed by atoms with Crippen molar-refractivity contribution < 1.29 is 40.6 Å². The van der Waals surface area contributed by atoms with E-state index in [0.29, 0.717) is 14.1 Å². The number of ether oxygens (including phenoxy) is 2. The van der Waals surface area contributed by atoms with Crippen molar-refractivity contribution in [2.75, 3.05) is 33.6 Å². The molecule has 0 radical (unpaired) electrons. The summed E-state index contributed by atoms with van der Waals surface area (Å²) >= 11 is 4.47. The molecule has 216 valence electrons. The maximum Gasteiger partial charge on any atom is 0.398 e. The Morgan fingerprint density at radius 3 is 2.51 bits per heavy atom. The molecule has 1 aliphatic heterocycles. The summed E-state index contributed by atoms with van der Waals surface area (Å²) in [5.41, 5.74) is -1.91. The van der Waals surface area contributed by atoms with E-state index in [2.05, 4.69) is 31.2 Å². The number of methoxy groups -OCH3 is 1. The third-order valence-electron chi connectivity index (χ3n) is 6.82. The van der Waals surface area contributed by atoms with Gasteiger partial charge in [-0.2, -0.15) is 13.2 Å². The molecule has 14 heteroatoms. The Labute approximate surface area is 241 Å². The van der Waals surface area contributed by atoms with Crippen LogP contribution in [-0.4, -0.2) is 55.7 Å². The van der Waals surface area contributed by atoms with Crippen LogP contribution in [0.5, 0.6) is 11.5 Å². The van der Waals surface area contributed by atoms with Crippen LogP contribution in [0.2, 0.25) is 0 Å². The van der Waals surface area contributed by atoms with Gasteiger partial charge < -0.3 is 14.8 Å². The molecule has 0 bridgehead atoms. The van der Waals surface area contributed by atoms with Crippen LogP contribution in [0.1, 0.15) is 27.5 Å². The molecule has 3 heterocycles. The third-order valence-corrected chi connectivity index (χ3v) is 8.27. The number of halogens is 7. The number of thiazole rings is 1. The minimum atomic E-state index is -4.91. The molecule has 1 N–H and O–H groups in total. The zero-order valence-electron chi connectivity index (χ0n) is 21.1. The number of alkyl halides is 5. The third kappa shape index (κ3) is 5.46. The van der Waals surface area contributed by atoms with Crippen molar-refractivity contribution in [2.24, 2.45) is 0 Å². The maximum atomic E-state index is 14.4. The molecule has 0 aliphatic carbocycles. The van der Waals surface area contributed by atoms with Crippen molar-refractivity contribution >= 4 is 43.4 Å². The topological polar surface area (TPSA) is 73.3 Å². The smallest absolute Gasteiger partial charge is 0.398 e. The van der Waals surface area contributed by atoms with E-state index in [9.17, 15) is 31.1 Å². The fourth-order valence-electron chi connectivity index (χ4n) is 4.56. The van der Waals surface area contributed by atoms with Crippen LogP contribution in [0.4, 0.5) is 26.3 Å². The SMILES string of the molecule is COc1cc(C(=O)NCC(c2cc3c(c(-c4ccc(F)cc4)n2)OCC3(CF)CF)C(F)(F)F)cc2sc(Br)nc12. The number of pyridine rings is 1. The lowest BCUT2D eigenvalue weighted by Crippen LogP contribution is -2.36. The quantitative estimate of drug-likeness (QED) is 0.208. The molecule has 0 fully saturated rings. The lowest BCUT2D eigenvalue weighted by Gasteiger charge is -2.24. The Bertz CT molecular complexity index is 1610. The van der Waals surface area contributed by atoms with E-state index in [0.717, 1.165) is 18.2 Å². The first kappa shape index (κ1) is 29.1. The fraction of sp³-hybridized carbons (Fsp3) is 0.296. The number of rotatable bonds is 8. The van der Waals surface area contributed by atoms with E-state index in [1.54, 1.807) is 0 Å². The number of carbonyl (C=O) groups is 1. The standard InChI is InChI=1S/C27H20BrF6N3O3S/c1-39-19-6-14(7-20-22(19)37-25(28)41-20)24(38)35-9-17(27(32,33)34)18-8-16-23(40-12-26(16,10-29)11-30)21(36-18)13-2-4-15(31)5-3-13/h2-8,17H,9-12H2,1H3,(H,35,38). The molecular formula is C27H20BrF6N3O3S. The molecule has 1 amide bonds. The van der Waals surface area contributed by atoms with E-state index < -0.39 is 61.4 Å². The van der Waals surface area contributed by atoms with Crippen LogP contribution in [0.15, 0.2) is 46.4 Å². The largest absolute Gasteiger partial charge is 0.494 e. The molecule has 0 saturated heterocycles. The summed E-state index contributed by atoms with van der Waals surface area (Å²) in [7, 11) is 1.38. The highest BCUT2D eigenvalue weighted by Gasteiger charge is 2.47. The molecule has 1 atom stereocenters. The maximum absolute atomic E-state index is 14.4. The Balaban J connectivity index is 1.54. The fourth-order valence-corrected chi connectivity index (χ4v) is 6.01. The number of amides is 1. The molecular weight excluding hydrogens is 640 g/mol. The van der Waals surface area contributed by atoms with Crippen LogP contribution in [0.25, 0.3) is 21.5 Å². The number of nitrogens with one attached hydrogen (secondary N) is 1. The highest BCUT2D eigenvalue weighted by Crippen LogP contribution is 2.47. The van der Waals surface area contributed by atoms with Crippen molar-refractivity contribution in [3.63, 3.8) is 0 Å². The molecule has 2 aromatic heterocycles. The zero-order valence-corrected chi connectivity index (χ0v) is 23.5. The number of carbonyl (C=O) groups excluding carboxylic acids is 1. The number of fused-ring (bicyclic) bond motifs is 2. The second-order valence-corrected chi connectivity index (χ2v) is 11.7. The number of aromatic nitrogens is 2. The lowest BCUT2D eigenvalue weighted by molar-refractivity contribution is -0.149. The molecule has 1 aliphatic rings. The summed E-state index contributed by atoms with van der Waals surface area (Å²) in [5, 5.41) is 2.30. The second-order valence-electron chi connectivity index (χ2n) is 9.41. The molecule has 1 unspecified atom stereocenters. The van der Waals surface area contributed by atoms with Crippen molar-refractivity contribution in [2.45, 2.75) is 17.5 Å². The highest BCUT2D eigenvalue weighted by molar-refractivity contribution is 9.11. The van der Waals surface area contributed by atoms with Crippen molar-refractivity contribution in [1.29, 1.82) is 0 Å². The van der Waals surface area contributed by atoms with Gasteiger partial charge in [0, 0.05) is 23.2 Å². The summed E-state index contributed by atoms with van der Waals surface area (Å²) in [5.74, 6) is -3.57. The molecule has 5 rings (SSSR count). The Morgan fingerprint density at radius 1 is 1.17 bits per heavy atom. The Morgan fingerprint density at radius 2 is 1.88 bits per heavy atom. The van der Waals surface area contributed by atoms with Gasteiger partial charge in [0.25, 0.3) is 5.91 Å². The minimum absolute atomic E-state index is 0.0441. The number of hydrogen-bond acceptors (Lipinski definition) is 6. The van der Waals surface area contributed by atoms with Gasteiger partial charge in [0.05, 0.1) is 22.9 Å². The number of hydrogen-bond donors (Lipinski definition) is 1. The molecule has 4 aromatic rings. The van der Waals surface area contributed by atoms with Gasteiger partial charge in [-0.1, -0.05) is 0 Å². The molecule has 6 nitrogen and oxygen atoms in total. The van der Waals surface area contributed by atoms with E-state index >= 15 is 0 Å². The zero-order chi connectivity index (χ0) is 29.5. The number of benzene rings is 2. The van der Waals surface area contributed by atoms with E-state index in [-0.39, 0.29) is 33.9 Å². The van der Waals surface area contributed by atoms with Gasteiger partial charge in [0.1, 0.15) is 54.4 Å². The average molecular weight is 660 g/mol. The monoisotopic (exact) mass is 659 g/mol. The van der Waals surface area contributed by atoms with E-state index in [4.69, 9.17) is 9.47 Å². The summed E-state index contributed by atoms with van der Waals surface area (Å²) in [4.78, 5) is 21.4. The van der Waals surface area contributed by atoms with Gasteiger partial charge in [-0.05, 0) is 58.4 Å². The first-order chi connectivity index (χ1) is 19.5. The van der Waals surface area contributed by atoms with Gasteiger partial charge in [-0.25, -0.2) is 23.1 Å². The van der Waals surface area contributed by atoms with Crippen LogP contribution >= 0.6 is 27.3 Å². The molecule has 41 heavy (non-hydrogen) atoms. The predicted molar refractivity (Wildman–Crippen MR) is 144 cm³/mol. The van der Waals surface area contributed by atoms with Gasteiger partial charge in [-0.3, -0.25) is 4.79 Å². The van der Waals surface area contributed by atoms with Crippen molar-refractivity contribution in [1.82, 2.24) is 15.3 Å². The summed E-state index contributed by atoms with van der Waals surface area (Å²) in [6.45, 7) is -3.83. The summed E-state index contributed by atoms with van der Waals surface area (Å²) in [6, 6.07) is 8.54. The van der Waals surface area contributed by atoms with Crippen molar-refractivity contribution in [3.8, 4) is 22.8 Å². The molecule has 0 saturated carbocycles. The lowest BCUT2D eigenvalue weighted by atomic mass is 9.83. The van der Waals surface area contributed by atoms with E-state index in [1.807, 2.05) is 0 Å². The number of nitrogens with zero attached hydrogens (tertiary/aromatic N) is 2. The van der Waals surface area contributed by atoms with Gasteiger partial charge in [0.15, 0.2) is 3.92 Å². The van der Waals surface area contributed by atoms with E-state index in [1.165, 1.54) is 42.7 Å². The van der Waals surface area contributed by atoms with Crippen LogP contribution < -0.4 is 14.8 Å². The van der Waals surface area contributed by atoms with Gasteiger partial charge in [-0.15, -0.1) is 11.3 Å². The van der Waals surface area contributed by atoms with Crippen LogP contribution in [0, 0.1) is 5.82 Å². The van der Waals surface area contributed by atoms with Gasteiger partial charge >= 0.3 is 6.18 Å². The molecule has 2 aromatic carbocycles. The first-order valence-corrected chi connectivity index (χ1v) is 13.7.